The van der Waals surface area contributed by atoms with E-state index in [1.54, 1.807) is 4.57 Å². The van der Waals surface area contributed by atoms with Crippen LogP contribution in [0.5, 0.6) is 11.5 Å². The molecule has 3 N–H and O–H groups in total. The second-order valence-electron chi connectivity index (χ2n) is 9.22. The Labute approximate surface area is 198 Å². The monoisotopic (exact) mass is 459 g/mol. The Kier molecular flexibility index (Phi) is 5.73. The van der Waals surface area contributed by atoms with Crippen LogP contribution < -0.4 is 20.5 Å². The van der Waals surface area contributed by atoms with Crippen LogP contribution in [0.25, 0.3) is 27.9 Å². The average molecular weight is 460 g/mol. The number of rotatable bonds is 7. The fourth-order valence-corrected chi connectivity index (χ4v) is 4.37. The SMILES string of the molecule is CC(C)CCCC(C)NC(=O)c1c(N)n(-c2ccc3c(c2)OCO3)c2nc3ccccc3nc12. The highest BCUT2D eigenvalue weighted by Gasteiger charge is 2.26. The van der Waals surface area contributed by atoms with Crippen LogP contribution in [-0.2, 0) is 0 Å². The molecule has 176 valence electrons. The number of carbonyl (C=O) groups is 1. The van der Waals surface area contributed by atoms with Gasteiger partial charge in [-0.1, -0.05) is 38.8 Å². The molecule has 2 aromatic carbocycles. The molecule has 1 aliphatic rings. The first-order valence-electron chi connectivity index (χ1n) is 11.7. The van der Waals surface area contributed by atoms with E-state index in [0.29, 0.717) is 39.7 Å². The molecule has 1 amide bonds. The molecule has 0 spiro atoms. The molecule has 8 heteroatoms. The van der Waals surface area contributed by atoms with Crippen molar-refractivity contribution in [2.75, 3.05) is 12.5 Å². The number of nitrogens with zero attached hydrogens (tertiary/aromatic N) is 3. The minimum atomic E-state index is -0.247. The number of carbonyl (C=O) groups excluding carboxylic acids is 1. The molecule has 0 radical (unpaired) electrons. The van der Waals surface area contributed by atoms with Crippen molar-refractivity contribution in [3.8, 4) is 17.2 Å². The van der Waals surface area contributed by atoms with Crippen LogP contribution in [0, 0.1) is 5.92 Å². The lowest BCUT2D eigenvalue weighted by Crippen LogP contribution is -2.33. The summed E-state index contributed by atoms with van der Waals surface area (Å²) < 4.78 is 12.8. The van der Waals surface area contributed by atoms with Crippen molar-refractivity contribution in [2.24, 2.45) is 5.92 Å². The molecule has 0 bridgehead atoms. The van der Waals surface area contributed by atoms with Crippen LogP contribution >= 0.6 is 0 Å². The summed E-state index contributed by atoms with van der Waals surface area (Å²) >= 11 is 0. The first-order chi connectivity index (χ1) is 16.4. The van der Waals surface area contributed by atoms with E-state index in [9.17, 15) is 4.79 Å². The summed E-state index contributed by atoms with van der Waals surface area (Å²) in [6, 6.07) is 13.1. The maximum atomic E-state index is 13.4. The van der Waals surface area contributed by atoms with Crippen LogP contribution in [0.1, 0.15) is 50.4 Å². The normalized spacial score (nSPS) is 13.6. The highest BCUT2D eigenvalue weighted by Crippen LogP contribution is 2.37. The van der Waals surface area contributed by atoms with Gasteiger partial charge in [0.2, 0.25) is 6.79 Å². The van der Waals surface area contributed by atoms with Gasteiger partial charge in [-0.2, -0.15) is 0 Å². The third-order valence-corrected chi connectivity index (χ3v) is 6.14. The van der Waals surface area contributed by atoms with E-state index in [0.717, 1.165) is 30.5 Å². The Morgan fingerprint density at radius 1 is 1.06 bits per heavy atom. The molecule has 0 saturated carbocycles. The highest BCUT2D eigenvalue weighted by atomic mass is 16.7. The average Bonchev–Trinajstić information content (AvgIpc) is 3.37. The molecule has 0 aliphatic carbocycles. The Hall–Kier alpha value is -3.81. The van der Waals surface area contributed by atoms with E-state index in [2.05, 4.69) is 19.2 Å². The van der Waals surface area contributed by atoms with Crippen molar-refractivity contribution in [1.29, 1.82) is 0 Å². The van der Waals surface area contributed by atoms with E-state index >= 15 is 0 Å². The number of hydrogen-bond donors (Lipinski definition) is 2. The number of aromatic nitrogens is 3. The number of anilines is 1. The quantitative estimate of drug-likeness (QED) is 0.410. The molecule has 0 fully saturated rings. The van der Waals surface area contributed by atoms with Crippen molar-refractivity contribution in [2.45, 2.75) is 46.1 Å². The van der Waals surface area contributed by atoms with Crippen LogP contribution in [0.4, 0.5) is 5.82 Å². The molecule has 5 rings (SSSR count). The Balaban J connectivity index is 1.59. The number of nitrogens with two attached hydrogens (primary N) is 1. The van der Waals surface area contributed by atoms with Crippen LogP contribution in [0.3, 0.4) is 0 Å². The first-order valence-corrected chi connectivity index (χ1v) is 11.7. The molecule has 1 aliphatic heterocycles. The lowest BCUT2D eigenvalue weighted by atomic mass is 10.0. The maximum absolute atomic E-state index is 13.4. The number of para-hydroxylation sites is 2. The van der Waals surface area contributed by atoms with Gasteiger partial charge in [-0.05, 0) is 43.5 Å². The summed E-state index contributed by atoms with van der Waals surface area (Å²) in [5.74, 6) is 1.97. The molecule has 2 aromatic heterocycles. The van der Waals surface area contributed by atoms with Crippen molar-refractivity contribution in [1.82, 2.24) is 19.9 Å². The van der Waals surface area contributed by atoms with Crippen LogP contribution in [0.15, 0.2) is 42.5 Å². The number of fused-ring (bicyclic) bond motifs is 3. The highest BCUT2D eigenvalue weighted by molar-refractivity contribution is 6.11. The fraction of sp³-hybridized carbons (Fsp3) is 0.346. The van der Waals surface area contributed by atoms with E-state index < -0.39 is 0 Å². The van der Waals surface area contributed by atoms with Gasteiger partial charge in [0.25, 0.3) is 5.91 Å². The predicted molar refractivity (Wildman–Crippen MR) is 133 cm³/mol. The zero-order chi connectivity index (χ0) is 23.8. The van der Waals surface area contributed by atoms with Crippen LogP contribution in [-0.4, -0.2) is 33.3 Å². The third kappa shape index (κ3) is 4.00. The van der Waals surface area contributed by atoms with E-state index in [1.807, 2.05) is 49.4 Å². The van der Waals surface area contributed by atoms with Gasteiger partial charge in [-0.15, -0.1) is 0 Å². The summed E-state index contributed by atoms with van der Waals surface area (Å²) in [6.07, 6.45) is 3.08. The second kappa shape index (κ2) is 8.85. The zero-order valence-corrected chi connectivity index (χ0v) is 19.7. The minimum Gasteiger partial charge on any atom is -0.454 e. The third-order valence-electron chi connectivity index (χ3n) is 6.14. The molecule has 3 heterocycles. The fourth-order valence-electron chi connectivity index (χ4n) is 4.37. The van der Waals surface area contributed by atoms with Gasteiger partial charge in [-0.25, -0.2) is 9.97 Å². The van der Waals surface area contributed by atoms with Gasteiger partial charge >= 0.3 is 0 Å². The van der Waals surface area contributed by atoms with Crippen molar-refractivity contribution in [3.63, 3.8) is 0 Å². The molecule has 34 heavy (non-hydrogen) atoms. The number of hydrogen-bond acceptors (Lipinski definition) is 6. The smallest absolute Gasteiger partial charge is 0.257 e. The first kappa shape index (κ1) is 22.0. The van der Waals surface area contributed by atoms with Crippen molar-refractivity contribution in [3.05, 3.63) is 48.0 Å². The summed E-state index contributed by atoms with van der Waals surface area (Å²) in [5.41, 5.74) is 10.1. The molecular formula is C26H29N5O3. The molecule has 8 nitrogen and oxygen atoms in total. The number of amides is 1. The van der Waals surface area contributed by atoms with Gasteiger partial charge in [0, 0.05) is 12.1 Å². The van der Waals surface area contributed by atoms with Gasteiger partial charge in [-0.3, -0.25) is 9.36 Å². The van der Waals surface area contributed by atoms with Gasteiger partial charge in [0.05, 0.1) is 16.7 Å². The number of benzene rings is 2. The van der Waals surface area contributed by atoms with Gasteiger partial charge < -0.3 is 20.5 Å². The summed E-state index contributed by atoms with van der Waals surface area (Å²) in [7, 11) is 0. The lowest BCUT2D eigenvalue weighted by Gasteiger charge is -2.14. The molecule has 0 saturated heterocycles. The molecular weight excluding hydrogens is 430 g/mol. The lowest BCUT2D eigenvalue weighted by molar-refractivity contribution is 0.0940. The zero-order valence-electron chi connectivity index (χ0n) is 19.7. The second-order valence-corrected chi connectivity index (χ2v) is 9.22. The number of ether oxygens (including phenoxy) is 2. The minimum absolute atomic E-state index is 0.0167. The van der Waals surface area contributed by atoms with Crippen molar-refractivity contribution < 1.29 is 14.3 Å². The summed E-state index contributed by atoms with van der Waals surface area (Å²) in [6.45, 7) is 6.61. The van der Waals surface area contributed by atoms with Gasteiger partial charge in [0.15, 0.2) is 17.1 Å². The Bertz CT molecular complexity index is 1380. The Morgan fingerprint density at radius 3 is 2.56 bits per heavy atom. The van der Waals surface area contributed by atoms with E-state index in [-0.39, 0.29) is 24.6 Å². The summed E-state index contributed by atoms with van der Waals surface area (Å²) in [4.78, 5) is 23.1. The standard InChI is InChI=1S/C26H29N5O3/c1-15(2)7-6-8-16(3)28-26(32)22-23-25(30-19-10-5-4-9-18(19)29-23)31(24(22)27)17-11-12-20-21(13-17)34-14-33-20/h4-5,9-13,15-16H,6-8,14,27H2,1-3H3,(H,28,32). The predicted octanol–water partition coefficient (Wildman–Crippen LogP) is 4.83. The van der Waals surface area contributed by atoms with Crippen molar-refractivity contribution >= 4 is 33.9 Å². The molecule has 1 unspecified atom stereocenters. The largest absolute Gasteiger partial charge is 0.454 e. The number of nitrogens with one attached hydrogen (secondary N) is 1. The Morgan fingerprint density at radius 2 is 1.79 bits per heavy atom. The van der Waals surface area contributed by atoms with E-state index in [1.165, 1.54) is 0 Å². The molecule has 4 aromatic rings. The van der Waals surface area contributed by atoms with E-state index in [4.69, 9.17) is 25.2 Å². The topological polar surface area (TPSA) is 104 Å². The van der Waals surface area contributed by atoms with Crippen LogP contribution in [0.2, 0.25) is 0 Å². The summed E-state index contributed by atoms with van der Waals surface area (Å²) in [5, 5.41) is 3.11. The maximum Gasteiger partial charge on any atom is 0.257 e. The van der Waals surface area contributed by atoms with Gasteiger partial charge in [0.1, 0.15) is 16.9 Å². The number of nitrogen functional groups attached to an aromatic ring is 1. The molecule has 1 atom stereocenters.